The molecule has 0 unspecified atom stereocenters. The van der Waals surface area contributed by atoms with E-state index in [0.29, 0.717) is 6.54 Å². The highest BCUT2D eigenvalue weighted by atomic mass is 19.1. The molecule has 0 aromatic rings. The van der Waals surface area contributed by atoms with E-state index >= 15 is 0 Å². The van der Waals surface area contributed by atoms with Crippen LogP contribution < -0.4 is 0 Å². The summed E-state index contributed by atoms with van der Waals surface area (Å²) in [7, 11) is 0. The fraction of sp³-hybridized carbons (Fsp3) is 1.00. The second kappa shape index (κ2) is 2.50. The average molecular weight is 145 g/mol. The molecule has 1 fully saturated rings. The van der Waals surface area contributed by atoms with Crippen molar-refractivity contribution in [1.29, 1.82) is 0 Å². The van der Waals surface area contributed by atoms with E-state index in [4.69, 9.17) is 0 Å². The van der Waals surface area contributed by atoms with Gasteiger partial charge in [-0.25, -0.2) is 4.39 Å². The minimum absolute atomic E-state index is 0.154. The second-order valence-electron chi connectivity index (χ2n) is 4.00. The lowest BCUT2D eigenvalue weighted by Crippen LogP contribution is -2.39. The molecule has 0 aromatic heterocycles. The first-order chi connectivity index (χ1) is 4.50. The van der Waals surface area contributed by atoms with Crippen LogP contribution in [-0.4, -0.2) is 29.7 Å². The summed E-state index contributed by atoms with van der Waals surface area (Å²) < 4.78 is 12.7. The predicted molar refractivity (Wildman–Crippen MR) is 40.8 cm³/mol. The predicted octanol–water partition coefficient (Wildman–Crippen LogP) is 1.83. The molecule has 10 heavy (non-hydrogen) atoms. The molecule has 1 saturated heterocycles. The van der Waals surface area contributed by atoms with Gasteiger partial charge < -0.3 is 0 Å². The summed E-state index contributed by atoms with van der Waals surface area (Å²) in [6.45, 7) is 7.94. The van der Waals surface area contributed by atoms with Gasteiger partial charge in [-0.1, -0.05) is 0 Å². The van der Waals surface area contributed by atoms with Crippen LogP contribution in [-0.2, 0) is 0 Å². The van der Waals surface area contributed by atoms with Crippen molar-refractivity contribution in [3.63, 3.8) is 0 Å². The Morgan fingerprint density at radius 1 is 1.40 bits per heavy atom. The molecule has 2 heteroatoms. The van der Waals surface area contributed by atoms with E-state index in [9.17, 15) is 4.39 Å². The van der Waals surface area contributed by atoms with Gasteiger partial charge in [0.1, 0.15) is 6.17 Å². The van der Waals surface area contributed by atoms with Crippen molar-refractivity contribution in [2.24, 2.45) is 0 Å². The molecule has 1 atom stereocenters. The Morgan fingerprint density at radius 2 is 2.00 bits per heavy atom. The van der Waals surface area contributed by atoms with E-state index in [0.717, 1.165) is 13.0 Å². The van der Waals surface area contributed by atoms with Crippen LogP contribution >= 0.6 is 0 Å². The summed E-state index contributed by atoms with van der Waals surface area (Å²) >= 11 is 0. The van der Waals surface area contributed by atoms with E-state index < -0.39 is 6.17 Å². The number of alkyl halides is 1. The second-order valence-corrected chi connectivity index (χ2v) is 4.00. The van der Waals surface area contributed by atoms with Crippen LogP contribution in [0.15, 0.2) is 0 Å². The number of nitrogens with zero attached hydrogens (tertiary/aromatic N) is 1. The van der Waals surface area contributed by atoms with Crippen molar-refractivity contribution in [3.8, 4) is 0 Å². The summed E-state index contributed by atoms with van der Waals surface area (Å²) in [5.74, 6) is 0. The lowest BCUT2D eigenvalue weighted by molar-refractivity contribution is 0.161. The lowest BCUT2D eigenvalue weighted by Gasteiger charge is -2.30. The highest BCUT2D eigenvalue weighted by Gasteiger charge is 2.29. The normalized spacial score (nSPS) is 29.4. The van der Waals surface area contributed by atoms with E-state index in [1.54, 1.807) is 0 Å². The third-order valence-electron chi connectivity index (χ3n) is 2.08. The molecule has 0 spiro atoms. The monoisotopic (exact) mass is 145 g/mol. The minimum atomic E-state index is -0.584. The van der Waals surface area contributed by atoms with Gasteiger partial charge in [0.15, 0.2) is 0 Å². The van der Waals surface area contributed by atoms with Gasteiger partial charge in [-0.15, -0.1) is 0 Å². The van der Waals surface area contributed by atoms with Crippen LogP contribution in [0.5, 0.6) is 0 Å². The topological polar surface area (TPSA) is 3.24 Å². The summed E-state index contributed by atoms with van der Waals surface area (Å²) in [6.07, 6.45) is 0.135. The maximum atomic E-state index is 12.7. The average Bonchev–Trinajstić information content (AvgIpc) is 2.11. The Kier molecular flexibility index (Phi) is 1.99. The third-order valence-corrected chi connectivity index (χ3v) is 2.08. The molecule has 1 nitrogen and oxygen atoms in total. The van der Waals surface area contributed by atoms with Gasteiger partial charge in [0.25, 0.3) is 0 Å². The third kappa shape index (κ3) is 1.69. The van der Waals surface area contributed by atoms with Crippen LogP contribution in [0.4, 0.5) is 4.39 Å². The fourth-order valence-electron chi connectivity index (χ4n) is 1.33. The van der Waals surface area contributed by atoms with E-state index in [2.05, 4.69) is 25.7 Å². The molecule has 1 aliphatic heterocycles. The molecule has 0 aliphatic carbocycles. The fourth-order valence-corrected chi connectivity index (χ4v) is 1.33. The van der Waals surface area contributed by atoms with Gasteiger partial charge in [0, 0.05) is 18.6 Å². The number of halogens is 1. The van der Waals surface area contributed by atoms with E-state index in [1.165, 1.54) is 0 Å². The maximum absolute atomic E-state index is 12.7. The number of hydrogen-bond acceptors (Lipinski definition) is 1. The quantitative estimate of drug-likeness (QED) is 0.502. The Labute approximate surface area is 62.2 Å². The van der Waals surface area contributed by atoms with Crippen molar-refractivity contribution in [3.05, 3.63) is 0 Å². The van der Waals surface area contributed by atoms with Gasteiger partial charge in [-0.05, 0) is 27.2 Å². The lowest BCUT2D eigenvalue weighted by atomic mass is 10.1. The molecule has 0 radical (unpaired) electrons. The zero-order valence-electron chi connectivity index (χ0n) is 7.02. The Bertz CT molecular complexity index is 117. The van der Waals surface area contributed by atoms with Crippen molar-refractivity contribution in [2.75, 3.05) is 13.1 Å². The molecule has 0 aromatic carbocycles. The highest BCUT2D eigenvalue weighted by molar-refractivity contribution is 4.84. The SMILES string of the molecule is CC(C)(C)N1CC[C@@H](F)C1. The number of rotatable bonds is 0. The Morgan fingerprint density at radius 3 is 2.20 bits per heavy atom. The Hall–Kier alpha value is -0.110. The molecule has 1 rings (SSSR count). The van der Waals surface area contributed by atoms with Gasteiger partial charge in [0.2, 0.25) is 0 Å². The van der Waals surface area contributed by atoms with Gasteiger partial charge in [-0.2, -0.15) is 0 Å². The maximum Gasteiger partial charge on any atom is 0.114 e. The first kappa shape index (κ1) is 7.99. The molecular formula is C8H16FN. The van der Waals surface area contributed by atoms with Crippen LogP contribution in [0, 0.1) is 0 Å². The minimum Gasteiger partial charge on any atom is -0.295 e. The van der Waals surface area contributed by atoms with Crippen LogP contribution in [0.1, 0.15) is 27.2 Å². The first-order valence-corrected chi connectivity index (χ1v) is 3.89. The Balaban J connectivity index is 2.45. The highest BCUT2D eigenvalue weighted by Crippen LogP contribution is 2.21. The van der Waals surface area contributed by atoms with Gasteiger partial charge >= 0.3 is 0 Å². The standard InChI is InChI=1S/C8H16FN/c1-8(2,3)10-5-4-7(9)6-10/h7H,4-6H2,1-3H3/t7-/m1/s1. The zero-order chi connectivity index (χ0) is 7.78. The molecule has 1 heterocycles. The number of likely N-dealkylation sites (tertiary alicyclic amines) is 1. The molecular weight excluding hydrogens is 129 g/mol. The smallest absolute Gasteiger partial charge is 0.114 e. The van der Waals surface area contributed by atoms with Crippen molar-refractivity contribution in [2.45, 2.75) is 38.9 Å². The summed E-state index contributed by atoms with van der Waals surface area (Å²) in [6, 6.07) is 0. The van der Waals surface area contributed by atoms with Crippen LogP contribution in [0.25, 0.3) is 0 Å². The zero-order valence-corrected chi connectivity index (χ0v) is 7.02. The number of hydrogen-bond donors (Lipinski definition) is 0. The first-order valence-electron chi connectivity index (χ1n) is 3.89. The van der Waals surface area contributed by atoms with E-state index in [-0.39, 0.29) is 5.54 Å². The largest absolute Gasteiger partial charge is 0.295 e. The van der Waals surface area contributed by atoms with Crippen molar-refractivity contribution in [1.82, 2.24) is 4.90 Å². The van der Waals surface area contributed by atoms with Crippen molar-refractivity contribution < 1.29 is 4.39 Å². The molecule has 0 saturated carbocycles. The molecule has 60 valence electrons. The molecule has 1 aliphatic rings. The van der Waals surface area contributed by atoms with Gasteiger partial charge in [0.05, 0.1) is 0 Å². The van der Waals surface area contributed by atoms with Gasteiger partial charge in [-0.3, -0.25) is 4.90 Å². The van der Waals surface area contributed by atoms with Crippen LogP contribution in [0.3, 0.4) is 0 Å². The summed E-state index contributed by atoms with van der Waals surface area (Å²) in [5.41, 5.74) is 0.154. The van der Waals surface area contributed by atoms with Crippen molar-refractivity contribution >= 4 is 0 Å². The van der Waals surface area contributed by atoms with E-state index in [1.807, 2.05) is 0 Å². The molecule has 0 N–H and O–H groups in total. The molecule has 0 bridgehead atoms. The summed E-state index contributed by atoms with van der Waals surface area (Å²) in [5, 5.41) is 0. The van der Waals surface area contributed by atoms with Crippen LogP contribution in [0.2, 0.25) is 0 Å². The summed E-state index contributed by atoms with van der Waals surface area (Å²) in [4.78, 5) is 2.19. The molecule has 0 amide bonds.